The molecule has 0 aliphatic heterocycles. The van der Waals surface area contributed by atoms with E-state index in [1.165, 1.54) is 5.56 Å². The van der Waals surface area contributed by atoms with Gasteiger partial charge in [-0.05, 0) is 59.0 Å². The molecule has 0 aliphatic rings. The normalized spacial score (nSPS) is 11.3. The first-order chi connectivity index (χ1) is 12.3. The SMILES string of the molecule is CC.CC(C)(C)OPO.CN(C)CCc1c[nH]c2cccc(OCO)c12. The van der Waals surface area contributed by atoms with Gasteiger partial charge in [0.25, 0.3) is 0 Å². The van der Waals surface area contributed by atoms with Crippen molar-refractivity contribution in [3.8, 4) is 5.75 Å². The van der Waals surface area contributed by atoms with Gasteiger partial charge < -0.3 is 29.1 Å². The van der Waals surface area contributed by atoms with E-state index in [-0.39, 0.29) is 12.4 Å². The predicted octanol–water partition coefficient (Wildman–Crippen LogP) is 3.93. The van der Waals surface area contributed by atoms with Crippen LogP contribution >= 0.6 is 9.03 Å². The molecule has 150 valence electrons. The molecule has 1 aromatic heterocycles. The van der Waals surface area contributed by atoms with Crippen LogP contribution in [-0.4, -0.2) is 52.9 Å². The fourth-order valence-corrected chi connectivity index (χ4v) is 2.36. The van der Waals surface area contributed by atoms with Crippen molar-refractivity contribution in [3.05, 3.63) is 30.0 Å². The predicted molar refractivity (Wildman–Crippen MR) is 111 cm³/mol. The monoisotopic (exact) mass is 386 g/mol. The van der Waals surface area contributed by atoms with Gasteiger partial charge in [0.15, 0.2) is 15.8 Å². The number of fused-ring (bicyclic) bond motifs is 1. The molecule has 0 radical (unpaired) electrons. The molecule has 0 bridgehead atoms. The first kappa shape index (κ1) is 24.8. The Morgan fingerprint density at radius 2 is 1.85 bits per heavy atom. The minimum Gasteiger partial charge on any atom is -0.467 e. The molecule has 7 heteroatoms. The van der Waals surface area contributed by atoms with Gasteiger partial charge in [0.05, 0.1) is 5.60 Å². The number of aliphatic hydroxyl groups is 1. The smallest absolute Gasteiger partial charge is 0.186 e. The van der Waals surface area contributed by atoms with Gasteiger partial charge in [0, 0.05) is 23.6 Å². The summed E-state index contributed by atoms with van der Waals surface area (Å²) in [5, 5.41) is 9.96. The molecule has 0 amide bonds. The number of likely N-dealkylation sites (N-methyl/N-ethyl adjacent to an activating group) is 1. The molecule has 0 spiro atoms. The van der Waals surface area contributed by atoms with Crippen LogP contribution in [0.25, 0.3) is 10.9 Å². The van der Waals surface area contributed by atoms with Crippen LogP contribution in [0.15, 0.2) is 24.4 Å². The minimum absolute atomic E-state index is 0.187. The molecular weight excluding hydrogens is 351 g/mol. The quantitative estimate of drug-likeness (QED) is 0.518. The van der Waals surface area contributed by atoms with E-state index in [1.54, 1.807) is 0 Å². The van der Waals surface area contributed by atoms with Crippen LogP contribution < -0.4 is 4.74 Å². The van der Waals surface area contributed by atoms with Gasteiger partial charge in [0.2, 0.25) is 0 Å². The van der Waals surface area contributed by atoms with Gasteiger partial charge in [-0.1, -0.05) is 19.9 Å². The lowest BCUT2D eigenvalue weighted by atomic mass is 10.1. The Kier molecular flexibility index (Phi) is 12.5. The molecule has 1 atom stereocenters. The first-order valence-electron chi connectivity index (χ1n) is 8.83. The third-order valence-electron chi connectivity index (χ3n) is 3.15. The van der Waals surface area contributed by atoms with Gasteiger partial charge in [-0.15, -0.1) is 0 Å². The lowest BCUT2D eigenvalue weighted by molar-refractivity contribution is 0.1000. The van der Waals surface area contributed by atoms with Crippen LogP contribution in [0.1, 0.15) is 40.2 Å². The highest BCUT2D eigenvalue weighted by molar-refractivity contribution is 7.25. The number of rotatable bonds is 6. The lowest BCUT2D eigenvalue weighted by Crippen LogP contribution is -2.14. The van der Waals surface area contributed by atoms with E-state index in [0.717, 1.165) is 29.6 Å². The molecule has 2 rings (SSSR count). The molecule has 26 heavy (non-hydrogen) atoms. The Bertz CT molecular complexity index is 609. The summed E-state index contributed by atoms with van der Waals surface area (Å²) >= 11 is 0. The first-order valence-corrected chi connectivity index (χ1v) is 9.68. The molecule has 1 aromatic carbocycles. The highest BCUT2D eigenvalue weighted by Gasteiger charge is 2.09. The standard InChI is InChI=1S/C13H18N2O2.C4H11O2P.C2H6/c1-15(2)7-6-10-8-14-11-4-3-5-12(13(10)11)17-9-16;1-4(2,3)6-7-5;1-2/h3-5,8,14,16H,6-7,9H2,1-2H3;5,7H,1-3H3;1-2H3. The Labute approximate surface area is 159 Å². The summed E-state index contributed by atoms with van der Waals surface area (Å²) in [4.78, 5) is 13.6. The Morgan fingerprint density at radius 3 is 2.31 bits per heavy atom. The van der Waals surface area contributed by atoms with E-state index < -0.39 is 9.03 Å². The van der Waals surface area contributed by atoms with Crippen molar-refractivity contribution < 1.29 is 19.3 Å². The Morgan fingerprint density at radius 1 is 1.19 bits per heavy atom. The fraction of sp³-hybridized carbons (Fsp3) is 0.579. The maximum atomic E-state index is 8.89. The molecule has 1 heterocycles. The van der Waals surface area contributed by atoms with E-state index in [4.69, 9.17) is 19.3 Å². The topological polar surface area (TPSA) is 78.0 Å². The second-order valence-electron chi connectivity index (χ2n) is 6.63. The molecule has 0 fully saturated rings. The summed E-state index contributed by atoms with van der Waals surface area (Å²) < 4.78 is 10.1. The van der Waals surface area contributed by atoms with Crippen molar-refractivity contribution in [2.24, 2.45) is 0 Å². The molecule has 6 nitrogen and oxygen atoms in total. The molecule has 0 saturated heterocycles. The third kappa shape index (κ3) is 9.51. The van der Waals surface area contributed by atoms with E-state index >= 15 is 0 Å². The zero-order valence-corrected chi connectivity index (χ0v) is 18.1. The second kappa shape index (κ2) is 13.1. The van der Waals surface area contributed by atoms with Crippen LogP contribution in [0.4, 0.5) is 0 Å². The summed E-state index contributed by atoms with van der Waals surface area (Å²) in [6.07, 6.45) is 2.97. The molecule has 0 aliphatic carbocycles. The summed E-state index contributed by atoms with van der Waals surface area (Å²) in [7, 11) is 3.72. The largest absolute Gasteiger partial charge is 0.467 e. The summed E-state index contributed by atoms with van der Waals surface area (Å²) in [6, 6.07) is 5.81. The van der Waals surface area contributed by atoms with Gasteiger partial charge in [-0.25, -0.2) is 0 Å². The van der Waals surface area contributed by atoms with Crippen molar-refractivity contribution >= 4 is 19.9 Å². The van der Waals surface area contributed by atoms with Crippen molar-refractivity contribution in [1.82, 2.24) is 9.88 Å². The highest BCUT2D eigenvalue weighted by atomic mass is 31.1. The van der Waals surface area contributed by atoms with E-state index in [9.17, 15) is 0 Å². The molecular formula is C19H35N2O4P. The number of nitrogens with one attached hydrogen (secondary N) is 1. The number of hydrogen-bond donors (Lipinski definition) is 3. The van der Waals surface area contributed by atoms with E-state index in [1.807, 2.05) is 59.0 Å². The number of nitrogens with zero attached hydrogens (tertiary/aromatic N) is 1. The zero-order valence-electron chi connectivity index (χ0n) is 17.1. The molecule has 2 aromatic rings. The molecule has 3 N–H and O–H groups in total. The Hall–Kier alpha value is -1.17. The molecule has 0 saturated carbocycles. The van der Waals surface area contributed by atoms with Crippen molar-refractivity contribution in [1.29, 1.82) is 0 Å². The van der Waals surface area contributed by atoms with Crippen molar-refractivity contribution in [3.63, 3.8) is 0 Å². The number of hydrogen-bond acceptors (Lipinski definition) is 5. The average Bonchev–Trinajstić information content (AvgIpc) is 2.99. The lowest BCUT2D eigenvalue weighted by Gasteiger charge is -2.15. The number of H-pyrrole nitrogens is 1. The zero-order chi connectivity index (χ0) is 20.2. The summed E-state index contributed by atoms with van der Waals surface area (Å²) in [5.74, 6) is 0.736. The number of aliphatic hydroxyl groups excluding tert-OH is 1. The van der Waals surface area contributed by atoms with Gasteiger partial charge in [-0.3, -0.25) is 0 Å². The van der Waals surface area contributed by atoms with Crippen molar-refractivity contribution in [2.75, 3.05) is 27.4 Å². The number of ether oxygens (including phenoxy) is 1. The maximum absolute atomic E-state index is 8.89. The van der Waals surface area contributed by atoms with Crippen LogP contribution in [0.2, 0.25) is 0 Å². The van der Waals surface area contributed by atoms with Crippen LogP contribution in [0.3, 0.4) is 0 Å². The highest BCUT2D eigenvalue weighted by Crippen LogP contribution is 2.29. The van der Waals surface area contributed by atoms with Crippen LogP contribution in [0, 0.1) is 0 Å². The van der Waals surface area contributed by atoms with E-state index in [2.05, 4.69) is 24.0 Å². The fourth-order valence-electron chi connectivity index (χ4n) is 2.09. The van der Waals surface area contributed by atoms with Crippen LogP contribution in [-0.2, 0) is 10.9 Å². The average molecular weight is 386 g/mol. The van der Waals surface area contributed by atoms with E-state index in [0.29, 0.717) is 0 Å². The Balaban J connectivity index is 0.000000589. The van der Waals surface area contributed by atoms with Crippen molar-refractivity contribution in [2.45, 2.75) is 46.6 Å². The summed E-state index contributed by atoms with van der Waals surface area (Å²) in [6.45, 7) is 10.4. The number of benzene rings is 1. The summed E-state index contributed by atoms with van der Waals surface area (Å²) in [5.41, 5.74) is 2.08. The third-order valence-corrected chi connectivity index (χ3v) is 3.85. The van der Waals surface area contributed by atoms with Gasteiger partial charge in [0.1, 0.15) is 5.75 Å². The van der Waals surface area contributed by atoms with Gasteiger partial charge >= 0.3 is 0 Å². The molecule has 1 unspecified atom stereocenters. The minimum atomic E-state index is -0.391. The van der Waals surface area contributed by atoms with Gasteiger partial charge in [-0.2, -0.15) is 0 Å². The number of aromatic amines is 1. The number of aromatic nitrogens is 1. The second-order valence-corrected chi connectivity index (χ2v) is 7.01. The van der Waals surface area contributed by atoms with Crippen LogP contribution in [0.5, 0.6) is 5.75 Å². The maximum Gasteiger partial charge on any atom is 0.186 e.